The lowest BCUT2D eigenvalue weighted by Crippen LogP contribution is -2.47. The van der Waals surface area contributed by atoms with Gasteiger partial charge in [-0.3, -0.25) is 9.88 Å². The summed E-state index contributed by atoms with van der Waals surface area (Å²) in [6.45, 7) is 9.48. The molecule has 0 radical (unpaired) electrons. The number of nitrogens with zero attached hydrogens (tertiary/aromatic N) is 5. The third-order valence-corrected chi connectivity index (χ3v) is 7.41. The van der Waals surface area contributed by atoms with Crippen molar-refractivity contribution in [2.24, 2.45) is 23.7 Å². The highest BCUT2D eigenvalue weighted by molar-refractivity contribution is 6.29. The second-order valence-electron chi connectivity index (χ2n) is 8.77. The molecule has 8 heteroatoms. The van der Waals surface area contributed by atoms with E-state index in [0.29, 0.717) is 5.15 Å². The number of hydrogen-bond acceptors (Lipinski definition) is 5. The van der Waals surface area contributed by atoms with E-state index in [2.05, 4.69) is 36.8 Å². The molecule has 1 saturated carbocycles. The van der Waals surface area contributed by atoms with Crippen molar-refractivity contribution < 1.29 is 5.48 Å². The Bertz CT molecular complexity index is 677. The number of hydrogen-bond donors (Lipinski definition) is 0. The van der Waals surface area contributed by atoms with Gasteiger partial charge in [-0.05, 0) is 56.0 Å². The first-order valence-corrected chi connectivity index (χ1v) is 11.0. The molecular weight excluding hydrogens is 409 g/mol. The standard InChI is InChI=1S/C21H30ClN5.ClH.H2O/c22-20-12-23-13-21(24-20)27-9-7-25(8-10-27)5-1-2-6-26-14-18-16-3-4-17(11-16)19(18)15-26;;/h3-4,12-13,16-19H,1-2,5-11,14-15H2;1H;1H2. The summed E-state index contributed by atoms with van der Waals surface area (Å²) in [6, 6.07) is 0. The summed E-state index contributed by atoms with van der Waals surface area (Å²) in [5.74, 6) is 4.67. The molecule has 4 atom stereocenters. The predicted molar refractivity (Wildman–Crippen MR) is 120 cm³/mol. The fraction of sp³-hybridized carbons (Fsp3) is 0.714. The van der Waals surface area contributed by atoms with Crippen molar-refractivity contribution >= 4 is 29.8 Å². The molecule has 4 aliphatic rings. The first kappa shape index (κ1) is 22.8. The minimum atomic E-state index is 0. The Balaban J connectivity index is 0.00000120. The summed E-state index contributed by atoms with van der Waals surface area (Å²) in [4.78, 5) is 16.2. The zero-order chi connectivity index (χ0) is 18.2. The van der Waals surface area contributed by atoms with E-state index in [0.717, 1.165) is 55.7 Å². The van der Waals surface area contributed by atoms with Gasteiger partial charge < -0.3 is 15.3 Å². The molecule has 29 heavy (non-hydrogen) atoms. The summed E-state index contributed by atoms with van der Waals surface area (Å²) in [5.41, 5.74) is 0. The minimum absolute atomic E-state index is 0. The van der Waals surface area contributed by atoms with Crippen LogP contribution in [0.25, 0.3) is 0 Å². The van der Waals surface area contributed by atoms with Crippen LogP contribution in [0.3, 0.4) is 0 Å². The van der Waals surface area contributed by atoms with Crippen LogP contribution in [0.5, 0.6) is 0 Å². The SMILES string of the molecule is Cl.Clc1cncc(N2CCN(CCCCN3CC4C5C=CC(C5)C4C3)CC2)n1.O. The zero-order valence-corrected chi connectivity index (χ0v) is 18.5. The molecule has 5 rings (SSSR count). The summed E-state index contributed by atoms with van der Waals surface area (Å²) in [5, 5.41) is 0.477. The third kappa shape index (κ3) is 4.88. The largest absolute Gasteiger partial charge is 0.412 e. The number of likely N-dealkylation sites (tertiary alicyclic amines) is 1. The van der Waals surface area contributed by atoms with E-state index < -0.39 is 0 Å². The number of rotatable bonds is 6. The highest BCUT2D eigenvalue weighted by atomic mass is 35.5. The fourth-order valence-corrected chi connectivity index (χ4v) is 5.92. The molecule has 2 bridgehead atoms. The summed E-state index contributed by atoms with van der Waals surface area (Å²) in [7, 11) is 0. The van der Waals surface area contributed by atoms with Crippen LogP contribution >= 0.6 is 24.0 Å². The van der Waals surface area contributed by atoms with Crippen LogP contribution in [0.4, 0.5) is 5.82 Å². The maximum atomic E-state index is 5.96. The normalized spacial score (nSPS) is 30.9. The summed E-state index contributed by atoms with van der Waals surface area (Å²) >= 11 is 5.96. The Morgan fingerprint density at radius 3 is 2.14 bits per heavy atom. The first-order chi connectivity index (χ1) is 13.3. The Hall–Kier alpha value is -0.920. The van der Waals surface area contributed by atoms with Crippen LogP contribution in [0.15, 0.2) is 24.5 Å². The van der Waals surface area contributed by atoms with E-state index in [1.54, 1.807) is 6.20 Å². The molecule has 4 unspecified atom stereocenters. The molecule has 2 N–H and O–H groups in total. The molecule has 1 aromatic heterocycles. The Labute approximate surface area is 185 Å². The lowest BCUT2D eigenvalue weighted by molar-refractivity contribution is 0.239. The number of aromatic nitrogens is 2. The van der Waals surface area contributed by atoms with Gasteiger partial charge in [0.1, 0.15) is 11.0 Å². The topological polar surface area (TPSA) is 67.0 Å². The van der Waals surface area contributed by atoms with Crippen molar-refractivity contribution in [1.82, 2.24) is 19.8 Å². The quantitative estimate of drug-likeness (QED) is 0.500. The zero-order valence-electron chi connectivity index (χ0n) is 16.9. The highest BCUT2D eigenvalue weighted by Crippen LogP contribution is 2.51. The fourth-order valence-electron chi connectivity index (χ4n) is 5.78. The Morgan fingerprint density at radius 1 is 0.897 bits per heavy atom. The second-order valence-corrected chi connectivity index (χ2v) is 9.16. The van der Waals surface area contributed by atoms with E-state index in [4.69, 9.17) is 11.6 Å². The second kappa shape index (κ2) is 9.92. The number of piperazine rings is 1. The van der Waals surface area contributed by atoms with Gasteiger partial charge in [0.05, 0.1) is 12.4 Å². The lowest BCUT2D eigenvalue weighted by Gasteiger charge is -2.35. The Kier molecular flexibility index (Phi) is 7.79. The molecule has 0 spiro atoms. The van der Waals surface area contributed by atoms with Gasteiger partial charge in [0.25, 0.3) is 0 Å². The third-order valence-electron chi connectivity index (χ3n) is 7.23. The maximum absolute atomic E-state index is 5.96. The van der Waals surface area contributed by atoms with Gasteiger partial charge in [-0.2, -0.15) is 0 Å². The average Bonchev–Trinajstić information content (AvgIpc) is 3.39. The molecule has 162 valence electrons. The van der Waals surface area contributed by atoms with Crippen LogP contribution in [-0.4, -0.2) is 77.6 Å². The minimum Gasteiger partial charge on any atom is -0.412 e. The van der Waals surface area contributed by atoms with E-state index in [-0.39, 0.29) is 17.9 Å². The van der Waals surface area contributed by atoms with Gasteiger partial charge in [-0.25, -0.2) is 4.98 Å². The van der Waals surface area contributed by atoms with Crippen molar-refractivity contribution in [3.05, 3.63) is 29.7 Å². The lowest BCUT2D eigenvalue weighted by atomic mass is 9.86. The van der Waals surface area contributed by atoms with Gasteiger partial charge in [0.15, 0.2) is 0 Å². The van der Waals surface area contributed by atoms with E-state index in [1.807, 2.05) is 6.20 Å². The van der Waals surface area contributed by atoms with Gasteiger partial charge in [0, 0.05) is 39.3 Å². The van der Waals surface area contributed by atoms with Crippen LogP contribution in [0.1, 0.15) is 19.3 Å². The van der Waals surface area contributed by atoms with Crippen molar-refractivity contribution in [3.8, 4) is 0 Å². The van der Waals surface area contributed by atoms with Gasteiger partial charge in [-0.1, -0.05) is 23.8 Å². The van der Waals surface area contributed by atoms with Crippen LogP contribution in [-0.2, 0) is 0 Å². The average molecular weight is 442 g/mol. The van der Waals surface area contributed by atoms with Crippen molar-refractivity contribution in [3.63, 3.8) is 0 Å². The summed E-state index contributed by atoms with van der Waals surface area (Å²) < 4.78 is 0. The van der Waals surface area contributed by atoms with Gasteiger partial charge in [-0.15, -0.1) is 12.4 Å². The molecule has 0 aromatic carbocycles. The van der Waals surface area contributed by atoms with E-state index >= 15 is 0 Å². The van der Waals surface area contributed by atoms with E-state index in [9.17, 15) is 0 Å². The first-order valence-electron chi connectivity index (χ1n) is 10.6. The molecule has 3 heterocycles. The van der Waals surface area contributed by atoms with Crippen molar-refractivity contribution in [2.75, 3.05) is 57.3 Å². The number of anilines is 1. The molecule has 1 aromatic rings. The number of allylic oxidation sites excluding steroid dienone is 2. The number of halogens is 2. The maximum Gasteiger partial charge on any atom is 0.149 e. The molecular formula is C21H33Cl2N5O. The smallest absolute Gasteiger partial charge is 0.149 e. The predicted octanol–water partition coefficient (Wildman–Crippen LogP) is 2.38. The molecule has 2 aliphatic carbocycles. The van der Waals surface area contributed by atoms with Gasteiger partial charge in [0.2, 0.25) is 0 Å². The van der Waals surface area contributed by atoms with Crippen molar-refractivity contribution in [1.29, 1.82) is 0 Å². The Morgan fingerprint density at radius 2 is 1.52 bits per heavy atom. The molecule has 2 aliphatic heterocycles. The van der Waals surface area contributed by atoms with Gasteiger partial charge >= 0.3 is 0 Å². The van der Waals surface area contributed by atoms with Crippen molar-refractivity contribution in [2.45, 2.75) is 19.3 Å². The van der Waals surface area contributed by atoms with E-state index in [1.165, 1.54) is 45.4 Å². The molecule has 0 amide bonds. The molecule has 6 nitrogen and oxygen atoms in total. The highest BCUT2D eigenvalue weighted by Gasteiger charge is 2.48. The number of unbranched alkanes of at least 4 members (excludes halogenated alkanes) is 1. The summed E-state index contributed by atoms with van der Waals surface area (Å²) in [6.07, 6.45) is 12.5. The molecule has 3 fully saturated rings. The number of fused-ring (bicyclic) bond motifs is 5. The van der Waals surface area contributed by atoms with Crippen LogP contribution < -0.4 is 4.90 Å². The van der Waals surface area contributed by atoms with Crippen LogP contribution in [0, 0.1) is 23.7 Å². The monoisotopic (exact) mass is 441 g/mol. The van der Waals surface area contributed by atoms with Crippen LogP contribution in [0.2, 0.25) is 5.15 Å². The molecule has 2 saturated heterocycles.